The summed E-state index contributed by atoms with van der Waals surface area (Å²) in [5, 5.41) is 1.69. The molecule has 2 unspecified atom stereocenters. The molecule has 2 atom stereocenters. The van der Waals surface area contributed by atoms with E-state index in [1.54, 1.807) is 12.0 Å². The van der Waals surface area contributed by atoms with E-state index in [1.807, 2.05) is 60.7 Å². The van der Waals surface area contributed by atoms with Crippen molar-refractivity contribution in [2.24, 2.45) is 0 Å². The molecule has 0 aliphatic carbocycles. The topological polar surface area (TPSA) is 48.6 Å². The summed E-state index contributed by atoms with van der Waals surface area (Å²) in [6, 6.07) is 25.4. The first-order valence-corrected chi connectivity index (χ1v) is 11.0. The Morgan fingerprint density at radius 3 is 2.59 bits per heavy atom. The van der Waals surface area contributed by atoms with Crippen molar-refractivity contribution in [3.05, 3.63) is 95.7 Å². The summed E-state index contributed by atoms with van der Waals surface area (Å²) in [5.41, 5.74) is 5.17. The lowest BCUT2D eigenvalue weighted by atomic mass is 9.89. The van der Waals surface area contributed by atoms with Crippen LogP contribution < -0.4 is 9.64 Å². The molecule has 1 aromatic heterocycles. The van der Waals surface area contributed by atoms with E-state index >= 15 is 0 Å². The van der Waals surface area contributed by atoms with Crippen molar-refractivity contribution in [1.29, 1.82) is 0 Å². The third-order valence-corrected chi connectivity index (χ3v) is 6.87. The minimum Gasteiger partial charge on any atom is -0.497 e. The Bertz CT molecular complexity index is 1360. The summed E-state index contributed by atoms with van der Waals surface area (Å²) < 4.78 is 5.50. The van der Waals surface area contributed by atoms with E-state index in [0.29, 0.717) is 11.5 Å². The van der Waals surface area contributed by atoms with Gasteiger partial charge in [-0.25, -0.2) is 0 Å². The van der Waals surface area contributed by atoms with Crippen LogP contribution in [-0.4, -0.2) is 34.1 Å². The molecule has 0 saturated carbocycles. The molecule has 32 heavy (non-hydrogen) atoms. The molecule has 3 aromatic carbocycles. The maximum Gasteiger partial charge on any atom is 0.256 e. The van der Waals surface area contributed by atoms with Crippen molar-refractivity contribution in [2.75, 3.05) is 12.0 Å². The highest BCUT2D eigenvalue weighted by molar-refractivity contribution is 7.80. The molecule has 3 heterocycles. The number of nitrogens with zero attached hydrogens (tertiary/aromatic N) is 2. The number of H-pyrrole nitrogens is 1. The number of amides is 1. The SMILES string of the molecule is COc1cccc(C2c3[nH]c4ccccc4c3CC3C(=O)N(c4ccccc4)C(=S)N32)c1. The number of ether oxygens (including phenoxy) is 1. The van der Waals surface area contributed by atoms with Crippen LogP contribution in [0.4, 0.5) is 5.69 Å². The zero-order valence-electron chi connectivity index (χ0n) is 17.5. The van der Waals surface area contributed by atoms with Crippen LogP contribution in [0, 0.1) is 0 Å². The zero-order valence-corrected chi connectivity index (χ0v) is 18.3. The van der Waals surface area contributed by atoms with Crippen molar-refractivity contribution < 1.29 is 9.53 Å². The molecule has 6 rings (SSSR count). The van der Waals surface area contributed by atoms with Gasteiger partial charge in [0, 0.05) is 23.0 Å². The number of rotatable bonds is 3. The molecule has 1 fully saturated rings. The first-order chi connectivity index (χ1) is 15.7. The van der Waals surface area contributed by atoms with Crippen LogP contribution in [0.1, 0.15) is 22.9 Å². The fourth-order valence-corrected chi connectivity index (χ4v) is 5.48. The van der Waals surface area contributed by atoms with Crippen LogP contribution in [0.15, 0.2) is 78.9 Å². The molecule has 158 valence electrons. The summed E-state index contributed by atoms with van der Waals surface area (Å²) in [6.07, 6.45) is 0.613. The highest BCUT2D eigenvalue weighted by Gasteiger charge is 2.51. The van der Waals surface area contributed by atoms with Crippen molar-refractivity contribution in [1.82, 2.24) is 9.88 Å². The minimum absolute atomic E-state index is 0.0185. The van der Waals surface area contributed by atoms with Gasteiger partial charge in [0.25, 0.3) is 5.91 Å². The fraction of sp³-hybridized carbons (Fsp3) is 0.154. The van der Waals surface area contributed by atoms with E-state index in [4.69, 9.17) is 17.0 Å². The number of methoxy groups -OCH3 is 1. The summed E-state index contributed by atoms with van der Waals surface area (Å²) in [6.45, 7) is 0. The Morgan fingerprint density at radius 2 is 1.78 bits per heavy atom. The number of thiocarbonyl (C=S) groups is 1. The van der Waals surface area contributed by atoms with Crippen molar-refractivity contribution in [3.8, 4) is 5.75 Å². The first kappa shape index (κ1) is 19.1. The highest BCUT2D eigenvalue weighted by Crippen LogP contribution is 2.45. The fourth-order valence-electron chi connectivity index (χ4n) is 5.05. The molecule has 0 radical (unpaired) electrons. The van der Waals surface area contributed by atoms with Crippen molar-refractivity contribution in [3.63, 3.8) is 0 Å². The molecule has 6 heteroatoms. The predicted molar refractivity (Wildman–Crippen MR) is 129 cm³/mol. The molecule has 1 amide bonds. The number of hydrogen-bond donors (Lipinski definition) is 1. The molecule has 0 spiro atoms. The van der Waals surface area contributed by atoms with Crippen LogP contribution in [0.2, 0.25) is 0 Å². The van der Waals surface area contributed by atoms with E-state index < -0.39 is 0 Å². The van der Waals surface area contributed by atoms with Crippen LogP contribution in [0.5, 0.6) is 5.75 Å². The second-order valence-corrected chi connectivity index (χ2v) is 8.53. The van der Waals surface area contributed by atoms with Gasteiger partial charge >= 0.3 is 0 Å². The second kappa shape index (κ2) is 7.21. The van der Waals surface area contributed by atoms with Gasteiger partial charge < -0.3 is 14.6 Å². The number of aromatic nitrogens is 1. The van der Waals surface area contributed by atoms with Crippen molar-refractivity contribution in [2.45, 2.75) is 18.5 Å². The monoisotopic (exact) mass is 439 g/mol. The summed E-state index contributed by atoms with van der Waals surface area (Å²) in [5.74, 6) is 0.795. The number of hydrogen-bond acceptors (Lipinski definition) is 3. The molecule has 4 aromatic rings. The lowest BCUT2D eigenvalue weighted by Gasteiger charge is -2.37. The molecule has 0 bridgehead atoms. The third kappa shape index (κ3) is 2.69. The van der Waals surface area contributed by atoms with Gasteiger partial charge in [-0.15, -0.1) is 0 Å². The summed E-state index contributed by atoms with van der Waals surface area (Å²) in [4.78, 5) is 21.1. The number of carbonyl (C=O) groups is 1. The second-order valence-electron chi connectivity index (χ2n) is 8.16. The number of aromatic amines is 1. The largest absolute Gasteiger partial charge is 0.497 e. The Hall–Kier alpha value is -3.64. The number of para-hydroxylation sites is 2. The maximum absolute atomic E-state index is 13.7. The quantitative estimate of drug-likeness (QED) is 0.465. The van der Waals surface area contributed by atoms with Gasteiger partial charge in [0.2, 0.25) is 0 Å². The van der Waals surface area contributed by atoms with Crippen LogP contribution >= 0.6 is 12.2 Å². The normalized spacial score (nSPS) is 19.9. The summed E-state index contributed by atoms with van der Waals surface area (Å²) in [7, 11) is 1.66. The Labute approximate surface area is 191 Å². The van der Waals surface area contributed by atoms with Crippen LogP contribution in [0.25, 0.3) is 10.9 Å². The van der Waals surface area contributed by atoms with Gasteiger partial charge in [0.15, 0.2) is 5.11 Å². The van der Waals surface area contributed by atoms with Gasteiger partial charge in [-0.2, -0.15) is 0 Å². The van der Waals surface area contributed by atoms with Crippen LogP contribution in [0.3, 0.4) is 0 Å². The molecular formula is C26H21N3O2S. The lowest BCUT2D eigenvalue weighted by molar-refractivity contribution is -0.120. The van der Waals surface area contributed by atoms with E-state index in [2.05, 4.69) is 28.1 Å². The lowest BCUT2D eigenvalue weighted by Crippen LogP contribution is -2.44. The number of benzene rings is 3. The van der Waals surface area contributed by atoms with E-state index in [1.165, 1.54) is 5.56 Å². The number of carbonyl (C=O) groups excluding carboxylic acids is 1. The standard InChI is InChI=1S/C26H21N3O2S/c1-31-18-11-7-8-16(14-18)24-23-20(19-12-5-6-13-21(19)27-23)15-22-25(30)28(26(32)29(22)24)17-9-3-2-4-10-17/h2-14,22,24,27H,15H2,1H3. The van der Waals surface area contributed by atoms with E-state index in [0.717, 1.165) is 33.6 Å². The number of nitrogens with one attached hydrogen (secondary N) is 1. The zero-order chi connectivity index (χ0) is 21.8. The first-order valence-electron chi connectivity index (χ1n) is 10.6. The van der Waals surface area contributed by atoms with Gasteiger partial charge in [-0.1, -0.05) is 48.5 Å². The van der Waals surface area contributed by atoms with E-state index in [9.17, 15) is 4.79 Å². The third-order valence-electron chi connectivity index (χ3n) is 6.47. The Morgan fingerprint density at radius 1 is 1.00 bits per heavy atom. The molecule has 2 aliphatic heterocycles. The number of anilines is 1. The van der Waals surface area contributed by atoms with Gasteiger partial charge in [0.05, 0.1) is 18.8 Å². The number of fused-ring (bicyclic) bond motifs is 4. The molecular weight excluding hydrogens is 418 g/mol. The maximum atomic E-state index is 13.7. The molecule has 2 aliphatic rings. The summed E-state index contributed by atoms with van der Waals surface area (Å²) >= 11 is 5.93. The van der Waals surface area contributed by atoms with Gasteiger partial charge in [-0.05, 0) is 53.7 Å². The average Bonchev–Trinajstić information content (AvgIpc) is 3.33. The molecule has 1 N–H and O–H groups in total. The Balaban J connectivity index is 1.56. The van der Waals surface area contributed by atoms with Gasteiger partial charge in [-0.3, -0.25) is 9.69 Å². The van der Waals surface area contributed by atoms with E-state index in [-0.39, 0.29) is 18.0 Å². The van der Waals surface area contributed by atoms with Crippen molar-refractivity contribution >= 4 is 39.8 Å². The minimum atomic E-state index is -0.356. The Kier molecular flexibility index (Phi) is 4.30. The van der Waals surface area contributed by atoms with Gasteiger partial charge in [0.1, 0.15) is 11.8 Å². The molecule has 1 saturated heterocycles. The predicted octanol–water partition coefficient (Wildman–Crippen LogP) is 4.82. The smallest absolute Gasteiger partial charge is 0.256 e. The average molecular weight is 440 g/mol. The highest BCUT2D eigenvalue weighted by atomic mass is 32.1. The molecule has 5 nitrogen and oxygen atoms in total. The van der Waals surface area contributed by atoms with Crippen LogP contribution in [-0.2, 0) is 11.2 Å².